The van der Waals surface area contributed by atoms with Gasteiger partial charge in [-0.25, -0.2) is 9.18 Å². The molecule has 0 saturated carbocycles. The molecule has 2 aliphatic heterocycles. The molecular weight excluding hydrogens is 544 g/mol. The van der Waals surface area contributed by atoms with Crippen molar-refractivity contribution in [3.8, 4) is 0 Å². The highest BCUT2D eigenvalue weighted by molar-refractivity contribution is 6.07. The van der Waals surface area contributed by atoms with Crippen LogP contribution in [0.4, 0.5) is 33.7 Å². The van der Waals surface area contributed by atoms with Crippen molar-refractivity contribution in [2.24, 2.45) is 0 Å². The second-order valence-electron chi connectivity index (χ2n) is 10.8. The van der Waals surface area contributed by atoms with Gasteiger partial charge in [-0.2, -0.15) is 13.2 Å². The topological polar surface area (TPSA) is 92.0 Å². The lowest BCUT2D eigenvalue weighted by Gasteiger charge is -2.44. The summed E-state index contributed by atoms with van der Waals surface area (Å²) in [6, 6.07) is 3.06. The summed E-state index contributed by atoms with van der Waals surface area (Å²) in [6.07, 6.45) is -2.13. The fraction of sp³-hybridized carbons (Fsp3) is 0.464. The predicted octanol–water partition coefficient (Wildman–Crippen LogP) is 4.08. The van der Waals surface area contributed by atoms with Crippen molar-refractivity contribution in [1.82, 2.24) is 19.7 Å². The number of aromatic amines is 1. The van der Waals surface area contributed by atoms with Crippen LogP contribution in [-0.2, 0) is 6.18 Å². The molecule has 2 atom stereocenters. The van der Waals surface area contributed by atoms with Gasteiger partial charge in [0.25, 0.3) is 5.91 Å². The minimum absolute atomic E-state index is 0.0855. The number of benzene rings is 1. The van der Waals surface area contributed by atoms with Crippen molar-refractivity contribution >= 4 is 28.9 Å². The van der Waals surface area contributed by atoms with E-state index in [0.717, 1.165) is 6.20 Å². The number of alkyl halides is 3. The molecule has 1 fully saturated rings. The number of nitrogens with one attached hydrogen (secondary N) is 2. The van der Waals surface area contributed by atoms with Gasteiger partial charge in [0.2, 0.25) is 5.56 Å². The molecule has 2 aromatic rings. The molecule has 4 rings (SSSR count). The number of urea groups is 1. The molecule has 41 heavy (non-hydrogen) atoms. The van der Waals surface area contributed by atoms with Crippen LogP contribution in [0, 0.1) is 5.82 Å². The number of aromatic nitrogens is 1. The zero-order valence-corrected chi connectivity index (χ0v) is 23.6. The number of carbonyl (C=O) groups excluding carboxylic acids is 2. The van der Waals surface area contributed by atoms with Crippen LogP contribution in [0.5, 0.6) is 0 Å². The molecule has 0 spiro atoms. The van der Waals surface area contributed by atoms with E-state index in [1.165, 1.54) is 17.0 Å². The normalized spacial score (nSPS) is 20.1. The van der Waals surface area contributed by atoms with E-state index in [1.54, 1.807) is 25.1 Å². The van der Waals surface area contributed by atoms with Gasteiger partial charge in [0.05, 0.1) is 22.5 Å². The van der Waals surface area contributed by atoms with Crippen molar-refractivity contribution < 1.29 is 27.2 Å². The Hall–Kier alpha value is -3.87. The second-order valence-corrected chi connectivity index (χ2v) is 10.8. The van der Waals surface area contributed by atoms with E-state index in [1.807, 2.05) is 25.8 Å². The molecule has 0 radical (unpaired) electrons. The monoisotopic (exact) mass is 578 g/mol. The summed E-state index contributed by atoms with van der Waals surface area (Å²) in [6.45, 7) is 5.63. The highest BCUT2D eigenvalue weighted by atomic mass is 19.4. The van der Waals surface area contributed by atoms with Gasteiger partial charge in [-0.15, -0.1) is 0 Å². The van der Waals surface area contributed by atoms with E-state index in [0.29, 0.717) is 43.4 Å². The fourth-order valence-electron chi connectivity index (χ4n) is 5.23. The summed E-state index contributed by atoms with van der Waals surface area (Å²) < 4.78 is 56.7. The third kappa shape index (κ3) is 6.39. The Morgan fingerprint density at radius 1 is 1.10 bits per heavy atom. The van der Waals surface area contributed by atoms with E-state index in [4.69, 9.17) is 0 Å². The molecule has 1 aromatic heterocycles. The van der Waals surface area contributed by atoms with Gasteiger partial charge in [0.1, 0.15) is 5.82 Å². The third-order valence-electron chi connectivity index (χ3n) is 7.72. The van der Waals surface area contributed by atoms with Gasteiger partial charge in [-0.05, 0) is 45.0 Å². The quantitative estimate of drug-likeness (QED) is 0.534. The SMILES string of the molecule is C[C@@H]1CN(c2cc(F)c(C3=CCN(C(=O)N(C)C)CC3)cc2NC(=O)c2c[nH]c(=O)cc2C(F)(F)F)C[C@H](C)N1C. The molecule has 222 valence electrons. The van der Waals surface area contributed by atoms with Gasteiger partial charge in [-0.3, -0.25) is 14.5 Å². The van der Waals surface area contributed by atoms with Crippen molar-refractivity contribution in [2.45, 2.75) is 38.5 Å². The summed E-state index contributed by atoms with van der Waals surface area (Å²) in [4.78, 5) is 46.4. The molecule has 0 unspecified atom stereocenters. The number of anilines is 2. The number of nitrogens with zero attached hydrogens (tertiary/aromatic N) is 4. The number of rotatable bonds is 4. The first-order valence-electron chi connectivity index (χ1n) is 13.2. The first-order valence-corrected chi connectivity index (χ1v) is 13.2. The molecule has 0 aliphatic carbocycles. The first-order chi connectivity index (χ1) is 19.2. The van der Waals surface area contributed by atoms with Crippen LogP contribution in [-0.4, -0.2) is 91.0 Å². The lowest BCUT2D eigenvalue weighted by Crippen LogP contribution is -2.55. The summed E-state index contributed by atoms with van der Waals surface area (Å²) in [7, 11) is 5.26. The third-order valence-corrected chi connectivity index (χ3v) is 7.72. The average molecular weight is 579 g/mol. The average Bonchev–Trinajstić information content (AvgIpc) is 2.91. The van der Waals surface area contributed by atoms with E-state index in [-0.39, 0.29) is 35.9 Å². The van der Waals surface area contributed by atoms with Crippen LogP contribution >= 0.6 is 0 Å². The van der Waals surface area contributed by atoms with E-state index < -0.39 is 34.6 Å². The zero-order valence-electron chi connectivity index (χ0n) is 23.6. The highest BCUT2D eigenvalue weighted by Crippen LogP contribution is 2.37. The fourth-order valence-corrected chi connectivity index (χ4v) is 5.23. The second kappa shape index (κ2) is 11.6. The van der Waals surface area contributed by atoms with Crippen LogP contribution in [0.25, 0.3) is 5.57 Å². The smallest absolute Gasteiger partial charge is 0.367 e. The molecule has 1 saturated heterocycles. The number of pyridine rings is 1. The number of amides is 3. The van der Waals surface area contributed by atoms with Crippen molar-refractivity contribution in [1.29, 1.82) is 0 Å². The van der Waals surface area contributed by atoms with Crippen molar-refractivity contribution in [3.05, 3.63) is 63.3 Å². The Morgan fingerprint density at radius 3 is 2.32 bits per heavy atom. The highest BCUT2D eigenvalue weighted by Gasteiger charge is 2.36. The number of likely N-dealkylation sites (N-methyl/N-ethyl adjacent to an activating group) is 1. The molecular formula is C28H34F4N6O3. The molecule has 13 heteroatoms. The van der Waals surface area contributed by atoms with Gasteiger partial charge < -0.3 is 25.0 Å². The van der Waals surface area contributed by atoms with Crippen LogP contribution in [0.2, 0.25) is 0 Å². The van der Waals surface area contributed by atoms with E-state index >= 15 is 4.39 Å². The zero-order chi connectivity index (χ0) is 30.2. The molecule has 2 N–H and O–H groups in total. The number of hydrogen-bond acceptors (Lipinski definition) is 5. The number of hydrogen-bond donors (Lipinski definition) is 2. The molecule has 3 heterocycles. The Balaban J connectivity index is 1.76. The number of H-pyrrole nitrogens is 1. The first kappa shape index (κ1) is 30.1. The Bertz CT molecular complexity index is 1410. The molecule has 1 aromatic carbocycles. The van der Waals surface area contributed by atoms with E-state index in [2.05, 4.69) is 15.2 Å². The van der Waals surface area contributed by atoms with E-state index in [9.17, 15) is 27.6 Å². The Labute approximate surface area is 235 Å². The number of piperazine rings is 1. The van der Waals surface area contributed by atoms with Crippen LogP contribution < -0.4 is 15.8 Å². The van der Waals surface area contributed by atoms with Crippen LogP contribution in [0.15, 0.2) is 35.3 Å². The number of halogens is 4. The summed E-state index contributed by atoms with van der Waals surface area (Å²) in [5.41, 5.74) is -1.84. The molecule has 0 bridgehead atoms. The maximum Gasteiger partial charge on any atom is 0.417 e. The summed E-state index contributed by atoms with van der Waals surface area (Å²) in [5, 5.41) is 2.56. The van der Waals surface area contributed by atoms with Gasteiger partial charge >= 0.3 is 12.2 Å². The van der Waals surface area contributed by atoms with Crippen LogP contribution in [0.1, 0.15) is 41.8 Å². The standard InChI is InChI=1S/C28H34F4N6O3/c1-16-14-38(15-17(2)36(16)5)24-12-22(29)19(18-6-8-37(9-7-18)27(41)35(3)4)10-23(24)34-26(40)20-13-33-25(39)11-21(20)28(30,31)32/h6,10-13,16-17H,7-9,14-15H2,1-5H3,(H,33,39)(H,34,40)/t16-,17+. The van der Waals surface area contributed by atoms with Gasteiger partial charge in [-0.1, -0.05) is 6.08 Å². The maximum atomic E-state index is 15.7. The molecule has 3 amide bonds. The Kier molecular flexibility index (Phi) is 8.48. The number of carbonyl (C=O) groups is 2. The lowest BCUT2D eigenvalue weighted by molar-refractivity contribution is -0.138. The molecule has 9 nitrogen and oxygen atoms in total. The minimum atomic E-state index is -4.94. The van der Waals surface area contributed by atoms with Crippen molar-refractivity contribution in [3.63, 3.8) is 0 Å². The van der Waals surface area contributed by atoms with Gasteiger partial charge in [0, 0.05) is 70.2 Å². The largest absolute Gasteiger partial charge is 0.417 e. The van der Waals surface area contributed by atoms with Gasteiger partial charge in [0.15, 0.2) is 0 Å². The molecule has 2 aliphatic rings. The van der Waals surface area contributed by atoms with Crippen LogP contribution in [0.3, 0.4) is 0 Å². The predicted molar refractivity (Wildman–Crippen MR) is 149 cm³/mol. The summed E-state index contributed by atoms with van der Waals surface area (Å²) >= 11 is 0. The van der Waals surface area contributed by atoms with Crippen molar-refractivity contribution in [2.75, 3.05) is 57.5 Å². The Morgan fingerprint density at radius 2 is 1.76 bits per heavy atom. The maximum absolute atomic E-state index is 15.7. The minimum Gasteiger partial charge on any atom is -0.367 e. The lowest BCUT2D eigenvalue weighted by atomic mass is 9.97. The summed E-state index contributed by atoms with van der Waals surface area (Å²) in [5.74, 6) is -1.64.